The Balaban J connectivity index is 2.64. The minimum atomic E-state index is -3.44. The van der Waals surface area contributed by atoms with E-state index in [0.717, 1.165) is 19.3 Å². The minimum absolute atomic E-state index is 0.0802. The fourth-order valence-electron chi connectivity index (χ4n) is 2.17. The molecule has 0 saturated carbocycles. The first-order valence-electron chi connectivity index (χ1n) is 6.23. The van der Waals surface area contributed by atoms with E-state index in [9.17, 15) is 13.2 Å². The van der Waals surface area contributed by atoms with Crippen LogP contribution >= 0.6 is 0 Å². The van der Waals surface area contributed by atoms with Crippen LogP contribution in [0.3, 0.4) is 0 Å². The molecule has 0 N–H and O–H groups in total. The average molecular weight is 278 g/mol. The maximum Gasteiger partial charge on any atom is 0.306 e. The summed E-state index contributed by atoms with van der Waals surface area (Å²) in [5, 5.41) is 0. The zero-order chi connectivity index (χ0) is 13.8. The van der Waals surface area contributed by atoms with Crippen molar-refractivity contribution in [2.45, 2.75) is 38.6 Å². The van der Waals surface area contributed by atoms with Crippen LogP contribution < -0.4 is 0 Å². The van der Waals surface area contributed by atoms with Gasteiger partial charge in [0, 0.05) is 26.2 Å². The molecule has 6 nitrogen and oxygen atoms in total. The summed E-state index contributed by atoms with van der Waals surface area (Å²) >= 11 is 0. The third kappa shape index (κ3) is 3.43. The van der Waals surface area contributed by atoms with E-state index in [1.54, 1.807) is 4.31 Å². The molecule has 1 atom stereocenters. The first kappa shape index (κ1) is 15.4. The normalized spacial score (nSPS) is 21.4. The quantitative estimate of drug-likeness (QED) is 0.667. The van der Waals surface area contributed by atoms with Gasteiger partial charge >= 0.3 is 5.97 Å². The monoisotopic (exact) mass is 278 g/mol. The van der Waals surface area contributed by atoms with Crippen molar-refractivity contribution < 1.29 is 17.9 Å². The molecule has 106 valence electrons. The molecule has 0 aromatic rings. The maximum absolute atomic E-state index is 12.3. The van der Waals surface area contributed by atoms with Crippen molar-refractivity contribution in [3.8, 4) is 0 Å². The summed E-state index contributed by atoms with van der Waals surface area (Å²) in [6.45, 7) is 2.72. The van der Waals surface area contributed by atoms with Gasteiger partial charge in [0.25, 0.3) is 10.2 Å². The van der Waals surface area contributed by atoms with Crippen LogP contribution in [0.1, 0.15) is 32.6 Å². The van der Waals surface area contributed by atoms with E-state index < -0.39 is 16.2 Å². The second-order valence-corrected chi connectivity index (χ2v) is 6.46. The lowest BCUT2D eigenvalue weighted by Gasteiger charge is -2.28. The summed E-state index contributed by atoms with van der Waals surface area (Å²) in [5.41, 5.74) is 0. The van der Waals surface area contributed by atoms with Gasteiger partial charge in [-0.25, -0.2) is 0 Å². The van der Waals surface area contributed by atoms with Gasteiger partial charge in [-0.1, -0.05) is 6.92 Å². The number of hydrogen-bond acceptors (Lipinski definition) is 4. The average Bonchev–Trinajstić information content (AvgIpc) is 2.84. The summed E-state index contributed by atoms with van der Waals surface area (Å²) in [5.74, 6) is -0.398. The van der Waals surface area contributed by atoms with E-state index in [-0.39, 0.29) is 19.0 Å². The lowest BCUT2D eigenvalue weighted by atomic mass is 10.2. The van der Waals surface area contributed by atoms with Gasteiger partial charge in [0.1, 0.15) is 0 Å². The Morgan fingerprint density at radius 3 is 2.72 bits per heavy atom. The molecular weight excluding hydrogens is 256 g/mol. The van der Waals surface area contributed by atoms with Crippen molar-refractivity contribution in [1.82, 2.24) is 8.61 Å². The van der Waals surface area contributed by atoms with Crippen molar-refractivity contribution in [1.29, 1.82) is 0 Å². The molecule has 1 saturated heterocycles. The third-order valence-electron chi connectivity index (χ3n) is 3.34. The predicted molar refractivity (Wildman–Crippen MR) is 68.2 cm³/mol. The fraction of sp³-hybridized carbons (Fsp3) is 0.909. The van der Waals surface area contributed by atoms with Crippen LogP contribution in [0.5, 0.6) is 0 Å². The summed E-state index contributed by atoms with van der Waals surface area (Å²) in [6.07, 6.45) is 2.73. The number of esters is 1. The van der Waals surface area contributed by atoms with Crippen LogP contribution in [0.2, 0.25) is 0 Å². The van der Waals surface area contributed by atoms with Crippen molar-refractivity contribution >= 4 is 16.2 Å². The number of carbonyl (C=O) groups is 1. The van der Waals surface area contributed by atoms with Gasteiger partial charge in [-0.15, -0.1) is 0 Å². The molecule has 1 rings (SSSR count). The molecule has 1 fully saturated rings. The van der Waals surface area contributed by atoms with Gasteiger partial charge in [0.2, 0.25) is 0 Å². The van der Waals surface area contributed by atoms with Crippen LogP contribution in [-0.2, 0) is 19.7 Å². The largest absolute Gasteiger partial charge is 0.469 e. The molecule has 0 bridgehead atoms. The number of rotatable bonds is 6. The third-order valence-corrected chi connectivity index (χ3v) is 5.39. The summed E-state index contributed by atoms with van der Waals surface area (Å²) in [6, 6.07) is 0.0931. The Morgan fingerprint density at radius 1 is 1.50 bits per heavy atom. The van der Waals surface area contributed by atoms with Gasteiger partial charge in [0.05, 0.1) is 13.5 Å². The van der Waals surface area contributed by atoms with Gasteiger partial charge < -0.3 is 4.74 Å². The lowest BCUT2D eigenvalue weighted by Crippen LogP contribution is -2.44. The minimum Gasteiger partial charge on any atom is -0.469 e. The number of nitrogens with zero attached hydrogens (tertiary/aromatic N) is 2. The molecule has 0 radical (unpaired) electrons. The van der Waals surface area contributed by atoms with Crippen molar-refractivity contribution in [3.63, 3.8) is 0 Å². The second-order valence-electron chi connectivity index (χ2n) is 4.47. The van der Waals surface area contributed by atoms with E-state index in [1.165, 1.54) is 18.5 Å². The first-order valence-corrected chi connectivity index (χ1v) is 7.63. The number of carbonyl (C=O) groups excluding carboxylic acids is 1. The molecule has 0 aromatic carbocycles. The maximum atomic E-state index is 12.3. The van der Waals surface area contributed by atoms with E-state index >= 15 is 0 Å². The zero-order valence-corrected chi connectivity index (χ0v) is 12.1. The molecular formula is C11H22N2O4S. The van der Waals surface area contributed by atoms with Crippen LogP contribution in [-0.4, -0.2) is 56.3 Å². The Labute approximate surface area is 109 Å². The van der Waals surface area contributed by atoms with Crippen molar-refractivity contribution in [2.75, 3.05) is 27.2 Å². The number of methoxy groups -OCH3 is 1. The van der Waals surface area contributed by atoms with Gasteiger partial charge in [-0.3, -0.25) is 4.79 Å². The Bertz CT molecular complexity index is 383. The van der Waals surface area contributed by atoms with Gasteiger partial charge in [-0.2, -0.15) is 17.0 Å². The summed E-state index contributed by atoms with van der Waals surface area (Å²) in [4.78, 5) is 11.0. The smallest absolute Gasteiger partial charge is 0.306 e. The fourth-order valence-corrected chi connectivity index (χ4v) is 3.84. The molecule has 0 amide bonds. The number of hydrogen-bond donors (Lipinski definition) is 0. The molecule has 0 aromatic heterocycles. The van der Waals surface area contributed by atoms with E-state index in [4.69, 9.17) is 0 Å². The van der Waals surface area contributed by atoms with Gasteiger partial charge in [-0.05, 0) is 19.3 Å². The highest BCUT2D eigenvalue weighted by Crippen LogP contribution is 2.24. The summed E-state index contributed by atoms with van der Waals surface area (Å²) in [7, 11) is -0.646. The molecule has 18 heavy (non-hydrogen) atoms. The molecule has 1 heterocycles. The molecule has 0 aliphatic carbocycles. The predicted octanol–water partition coefficient (Wildman–Crippen LogP) is 0.601. The molecule has 1 aliphatic rings. The van der Waals surface area contributed by atoms with Crippen molar-refractivity contribution in [3.05, 3.63) is 0 Å². The molecule has 0 spiro atoms. The zero-order valence-electron chi connectivity index (χ0n) is 11.3. The Kier molecular flexibility index (Phi) is 5.55. The van der Waals surface area contributed by atoms with E-state index in [1.807, 2.05) is 6.92 Å². The molecule has 1 aliphatic heterocycles. The van der Waals surface area contributed by atoms with E-state index in [2.05, 4.69) is 4.74 Å². The van der Waals surface area contributed by atoms with E-state index in [0.29, 0.717) is 6.54 Å². The topological polar surface area (TPSA) is 66.9 Å². The highest BCUT2D eigenvalue weighted by molar-refractivity contribution is 7.86. The second kappa shape index (κ2) is 6.49. The molecule has 1 unspecified atom stereocenters. The SMILES string of the molecule is CCC1CCCN1S(=O)(=O)N(C)CCC(=O)OC. The van der Waals surface area contributed by atoms with Crippen LogP contribution in [0.25, 0.3) is 0 Å². The highest BCUT2D eigenvalue weighted by Gasteiger charge is 2.35. The molecule has 7 heteroatoms. The Hall–Kier alpha value is -0.660. The Morgan fingerprint density at radius 2 is 2.17 bits per heavy atom. The standard InChI is InChI=1S/C11H22N2O4S/c1-4-10-6-5-8-13(10)18(15,16)12(2)9-7-11(14)17-3/h10H,4-9H2,1-3H3. The number of ether oxygens (including phenoxy) is 1. The lowest BCUT2D eigenvalue weighted by molar-refractivity contribution is -0.140. The van der Waals surface area contributed by atoms with Crippen LogP contribution in [0.4, 0.5) is 0 Å². The van der Waals surface area contributed by atoms with Crippen LogP contribution in [0.15, 0.2) is 0 Å². The van der Waals surface area contributed by atoms with Gasteiger partial charge in [0.15, 0.2) is 0 Å². The highest BCUT2D eigenvalue weighted by atomic mass is 32.2. The first-order chi connectivity index (χ1) is 8.43. The van der Waals surface area contributed by atoms with Crippen molar-refractivity contribution in [2.24, 2.45) is 0 Å². The van der Waals surface area contributed by atoms with Crippen LogP contribution in [0, 0.1) is 0 Å². The summed E-state index contributed by atoms with van der Waals surface area (Å²) < 4.78 is 31.9.